The number of carbonyl (C=O) groups is 1. The predicted octanol–water partition coefficient (Wildman–Crippen LogP) is 1.76. The fourth-order valence-electron chi connectivity index (χ4n) is 3.25. The van der Waals surface area contributed by atoms with Crippen LogP contribution in [0.2, 0.25) is 0 Å². The zero-order valence-electron chi connectivity index (χ0n) is 13.7. The molecule has 0 aliphatic carbocycles. The smallest absolute Gasteiger partial charge is 0.243 e. The first-order chi connectivity index (χ1) is 11.0. The number of carbonyl (C=O) groups excluding carboxylic acids is 1. The largest absolute Gasteiger partial charge is 0.326 e. The van der Waals surface area contributed by atoms with Crippen molar-refractivity contribution >= 4 is 34.0 Å². The molecular weight excluding hydrogens is 350 g/mol. The van der Waals surface area contributed by atoms with Crippen molar-refractivity contribution in [1.82, 2.24) is 9.62 Å². The second-order valence-electron chi connectivity index (χ2n) is 6.19. The minimum atomic E-state index is -3.46. The van der Waals surface area contributed by atoms with E-state index in [9.17, 15) is 13.2 Å². The maximum atomic E-state index is 12.8. The van der Waals surface area contributed by atoms with E-state index in [1.165, 1.54) is 0 Å². The van der Waals surface area contributed by atoms with Crippen molar-refractivity contribution in [2.75, 3.05) is 25.5 Å². The molecule has 2 N–H and O–H groups in total. The minimum absolute atomic E-state index is 0. The van der Waals surface area contributed by atoms with Gasteiger partial charge in [0.1, 0.15) is 0 Å². The SMILES string of the molecule is CNC1CCN(S(=O)(=O)c2ccc3c(c2)CCCC(=O)N3)CC1.Cl. The molecule has 1 aromatic carbocycles. The summed E-state index contributed by atoms with van der Waals surface area (Å²) in [5.74, 6) is -0.00602. The lowest BCUT2D eigenvalue weighted by molar-refractivity contribution is -0.116. The Kier molecular flexibility index (Phi) is 6.25. The first-order valence-electron chi connectivity index (χ1n) is 8.11. The third kappa shape index (κ3) is 3.91. The van der Waals surface area contributed by atoms with Gasteiger partial charge in [0.25, 0.3) is 0 Å². The van der Waals surface area contributed by atoms with E-state index < -0.39 is 10.0 Å². The molecular formula is C16H24ClN3O3S. The van der Waals surface area contributed by atoms with Crippen LogP contribution in [0.15, 0.2) is 23.1 Å². The van der Waals surface area contributed by atoms with Crippen LogP contribution in [0.3, 0.4) is 0 Å². The molecule has 2 aliphatic heterocycles. The second kappa shape index (κ2) is 7.82. The average Bonchev–Trinajstić information content (AvgIpc) is 2.74. The Morgan fingerprint density at radius 2 is 1.92 bits per heavy atom. The van der Waals surface area contributed by atoms with Gasteiger partial charge in [-0.15, -0.1) is 12.4 Å². The zero-order valence-corrected chi connectivity index (χ0v) is 15.4. The number of fused-ring (bicyclic) bond motifs is 1. The number of nitrogens with zero attached hydrogens (tertiary/aromatic N) is 1. The van der Waals surface area contributed by atoms with Crippen LogP contribution in [0.1, 0.15) is 31.2 Å². The van der Waals surface area contributed by atoms with Crippen LogP contribution in [0, 0.1) is 0 Å². The molecule has 3 rings (SSSR count). The molecule has 0 aromatic heterocycles. The van der Waals surface area contributed by atoms with Crippen LogP contribution in [0.25, 0.3) is 0 Å². The Hall–Kier alpha value is -1.15. The van der Waals surface area contributed by atoms with E-state index in [1.807, 2.05) is 7.05 Å². The van der Waals surface area contributed by atoms with Gasteiger partial charge >= 0.3 is 0 Å². The zero-order chi connectivity index (χ0) is 16.4. The summed E-state index contributed by atoms with van der Waals surface area (Å²) in [5, 5.41) is 6.04. The number of piperidine rings is 1. The van der Waals surface area contributed by atoms with Crippen LogP contribution in [0.4, 0.5) is 5.69 Å². The fraction of sp³-hybridized carbons (Fsp3) is 0.562. The molecule has 1 saturated heterocycles. The number of rotatable bonds is 3. The topological polar surface area (TPSA) is 78.5 Å². The standard InChI is InChI=1S/C16H23N3O3S.ClH/c1-17-13-7-9-19(10-8-13)23(21,22)14-5-6-15-12(11-14)3-2-4-16(20)18-15;/h5-6,11,13,17H,2-4,7-10H2,1H3,(H,18,20);1H. The van der Waals surface area contributed by atoms with Crippen LogP contribution in [0.5, 0.6) is 0 Å². The summed E-state index contributed by atoms with van der Waals surface area (Å²) in [6.07, 6.45) is 3.61. The van der Waals surface area contributed by atoms with Gasteiger partial charge in [-0.25, -0.2) is 8.42 Å². The normalized spacial score (nSPS) is 19.8. The first-order valence-corrected chi connectivity index (χ1v) is 9.55. The van der Waals surface area contributed by atoms with E-state index in [2.05, 4.69) is 10.6 Å². The number of aryl methyl sites for hydroxylation is 1. The summed E-state index contributed by atoms with van der Waals surface area (Å²) >= 11 is 0. The molecule has 6 nitrogen and oxygen atoms in total. The molecule has 0 atom stereocenters. The maximum Gasteiger partial charge on any atom is 0.243 e. The Bertz CT molecular complexity index is 701. The minimum Gasteiger partial charge on any atom is -0.326 e. The highest BCUT2D eigenvalue weighted by atomic mass is 35.5. The molecule has 0 bridgehead atoms. The Morgan fingerprint density at radius 3 is 2.58 bits per heavy atom. The van der Waals surface area contributed by atoms with Crippen LogP contribution < -0.4 is 10.6 Å². The fourth-order valence-corrected chi connectivity index (χ4v) is 4.77. The van der Waals surface area contributed by atoms with Crippen LogP contribution >= 0.6 is 12.4 Å². The first kappa shape index (κ1) is 19.2. The molecule has 0 unspecified atom stereocenters. The van der Waals surface area contributed by atoms with Gasteiger partial charge in [-0.2, -0.15) is 4.31 Å². The summed E-state index contributed by atoms with van der Waals surface area (Å²) in [5.41, 5.74) is 1.64. The summed E-state index contributed by atoms with van der Waals surface area (Å²) in [4.78, 5) is 11.9. The third-order valence-corrected chi connectivity index (χ3v) is 6.60. The van der Waals surface area contributed by atoms with Gasteiger partial charge in [0.05, 0.1) is 4.90 Å². The van der Waals surface area contributed by atoms with E-state index >= 15 is 0 Å². The van der Waals surface area contributed by atoms with Crippen molar-refractivity contribution < 1.29 is 13.2 Å². The molecule has 134 valence electrons. The number of halogens is 1. The van der Waals surface area contributed by atoms with Gasteiger partial charge in [-0.3, -0.25) is 4.79 Å². The second-order valence-corrected chi connectivity index (χ2v) is 8.13. The molecule has 1 amide bonds. The molecule has 1 fully saturated rings. The lowest BCUT2D eigenvalue weighted by atomic mass is 10.1. The summed E-state index contributed by atoms with van der Waals surface area (Å²) in [6.45, 7) is 1.09. The molecule has 24 heavy (non-hydrogen) atoms. The van der Waals surface area contributed by atoms with Crippen molar-refractivity contribution in [2.45, 2.75) is 43.0 Å². The number of nitrogens with one attached hydrogen (secondary N) is 2. The highest BCUT2D eigenvalue weighted by molar-refractivity contribution is 7.89. The number of anilines is 1. The van der Waals surface area contributed by atoms with Crippen molar-refractivity contribution in [3.63, 3.8) is 0 Å². The van der Waals surface area contributed by atoms with Gasteiger partial charge in [0.15, 0.2) is 0 Å². The number of sulfonamides is 1. The van der Waals surface area contributed by atoms with E-state index in [0.717, 1.165) is 36.9 Å². The monoisotopic (exact) mass is 373 g/mol. The van der Waals surface area contributed by atoms with Gasteiger partial charge in [0, 0.05) is 31.2 Å². The summed E-state index contributed by atoms with van der Waals surface area (Å²) in [6, 6.07) is 5.43. The molecule has 1 aromatic rings. The van der Waals surface area contributed by atoms with Crippen molar-refractivity contribution in [3.05, 3.63) is 23.8 Å². The Balaban J connectivity index is 0.00000208. The number of benzene rings is 1. The number of hydrogen-bond donors (Lipinski definition) is 2. The number of amides is 1. The van der Waals surface area contributed by atoms with Gasteiger partial charge in [-0.1, -0.05) is 0 Å². The quantitative estimate of drug-likeness (QED) is 0.846. The highest BCUT2D eigenvalue weighted by Gasteiger charge is 2.29. The van der Waals surface area contributed by atoms with E-state index in [0.29, 0.717) is 30.4 Å². The molecule has 2 aliphatic rings. The molecule has 0 spiro atoms. The highest BCUT2D eigenvalue weighted by Crippen LogP contribution is 2.27. The van der Waals surface area contributed by atoms with Gasteiger partial charge in [0.2, 0.25) is 15.9 Å². The van der Waals surface area contributed by atoms with E-state index in [4.69, 9.17) is 0 Å². The molecule has 8 heteroatoms. The molecule has 0 saturated carbocycles. The van der Waals surface area contributed by atoms with Crippen LogP contribution in [-0.4, -0.2) is 44.8 Å². The summed E-state index contributed by atoms with van der Waals surface area (Å²) < 4.78 is 27.2. The summed E-state index contributed by atoms with van der Waals surface area (Å²) in [7, 11) is -1.55. The average molecular weight is 374 g/mol. The van der Waals surface area contributed by atoms with Crippen LogP contribution in [-0.2, 0) is 21.2 Å². The lowest BCUT2D eigenvalue weighted by Gasteiger charge is -2.31. The van der Waals surface area contributed by atoms with E-state index in [-0.39, 0.29) is 18.3 Å². The molecule has 0 radical (unpaired) electrons. The van der Waals surface area contributed by atoms with Crippen molar-refractivity contribution in [3.8, 4) is 0 Å². The Labute approximate surface area is 149 Å². The van der Waals surface area contributed by atoms with Gasteiger partial charge in [-0.05, 0) is 56.5 Å². The lowest BCUT2D eigenvalue weighted by Crippen LogP contribution is -2.43. The van der Waals surface area contributed by atoms with E-state index in [1.54, 1.807) is 22.5 Å². The third-order valence-electron chi connectivity index (χ3n) is 4.70. The van der Waals surface area contributed by atoms with Crippen molar-refractivity contribution in [2.24, 2.45) is 0 Å². The predicted molar refractivity (Wildman–Crippen MR) is 96.1 cm³/mol. The molecule has 2 heterocycles. The van der Waals surface area contributed by atoms with Gasteiger partial charge < -0.3 is 10.6 Å². The Morgan fingerprint density at radius 1 is 1.21 bits per heavy atom. The maximum absolute atomic E-state index is 12.8. The number of hydrogen-bond acceptors (Lipinski definition) is 4. The van der Waals surface area contributed by atoms with Crippen molar-refractivity contribution in [1.29, 1.82) is 0 Å².